The smallest absolute Gasteiger partial charge is 0.153 e. The molecule has 0 bridgehead atoms. The lowest BCUT2D eigenvalue weighted by molar-refractivity contribution is 0.831. The first-order valence-corrected chi connectivity index (χ1v) is 6.35. The van der Waals surface area contributed by atoms with Crippen molar-refractivity contribution in [2.75, 3.05) is 11.9 Å². The van der Waals surface area contributed by atoms with E-state index in [2.05, 4.69) is 39.3 Å². The third kappa shape index (κ3) is 1.79. The summed E-state index contributed by atoms with van der Waals surface area (Å²) in [6, 6.07) is 8.20. The first-order chi connectivity index (χ1) is 8.90. The van der Waals surface area contributed by atoms with E-state index in [1.165, 1.54) is 6.42 Å². The molecule has 0 aliphatic heterocycles. The second-order valence-electron chi connectivity index (χ2n) is 4.40. The normalized spacial score (nSPS) is 11.2. The van der Waals surface area contributed by atoms with E-state index >= 15 is 0 Å². The summed E-state index contributed by atoms with van der Waals surface area (Å²) in [4.78, 5) is 12.1. The van der Waals surface area contributed by atoms with Gasteiger partial charge < -0.3 is 10.3 Å². The van der Waals surface area contributed by atoms with Crippen molar-refractivity contribution in [3.05, 3.63) is 30.6 Å². The minimum Gasteiger partial charge on any atom is -0.368 e. The van der Waals surface area contributed by atoms with Gasteiger partial charge in [0, 0.05) is 17.4 Å². The Bertz CT molecular complexity index is 672. The van der Waals surface area contributed by atoms with Crippen LogP contribution in [0.15, 0.2) is 30.6 Å². The molecule has 0 aliphatic rings. The molecular weight excluding hydrogens is 224 g/mol. The Balaban J connectivity index is 2.09. The minimum absolute atomic E-state index is 0.893. The molecule has 18 heavy (non-hydrogen) atoms. The number of anilines is 1. The third-order valence-corrected chi connectivity index (χ3v) is 3.11. The quantitative estimate of drug-likeness (QED) is 0.688. The van der Waals surface area contributed by atoms with E-state index < -0.39 is 0 Å². The summed E-state index contributed by atoms with van der Waals surface area (Å²) in [5.74, 6) is 0.893. The maximum absolute atomic E-state index is 4.38. The number of fused-ring (bicyclic) bond motifs is 3. The van der Waals surface area contributed by atoms with Gasteiger partial charge in [0.15, 0.2) is 5.82 Å². The predicted molar refractivity (Wildman–Crippen MR) is 74.8 cm³/mol. The number of aromatic nitrogens is 3. The zero-order valence-electron chi connectivity index (χ0n) is 10.4. The summed E-state index contributed by atoms with van der Waals surface area (Å²) in [6.45, 7) is 3.12. The Labute approximate surface area is 105 Å². The molecule has 3 rings (SSSR count). The number of aromatic amines is 1. The molecule has 0 radical (unpaired) electrons. The van der Waals surface area contributed by atoms with Crippen LogP contribution in [0.3, 0.4) is 0 Å². The molecule has 3 aromatic rings. The van der Waals surface area contributed by atoms with E-state index in [0.717, 1.165) is 40.7 Å². The van der Waals surface area contributed by atoms with E-state index in [0.29, 0.717) is 0 Å². The lowest BCUT2D eigenvalue weighted by Gasteiger charge is -2.04. The van der Waals surface area contributed by atoms with Crippen molar-refractivity contribution in [2.24, 2.45) is 0 Å². The first kappa shape index (κ1) is 11.0. The number of unbranched alkanes of at least 4 members (excludes halogenated alkanes) is 1. The molecular formula is C14H16N4. The molecule has 92 valence electrons. The van der Waals surface area contributed by atoms with Crippen LogP contribution < -0.4 is 5.32 Å². The molecule has 0 unspecified atom stereocenters. The molecule has 2 aromatic heterocycles. The number of nitrogens with one attached hydrogen (secondary N) is 2. The molecule has 0 saturated carbocycles. The van der Waals surface area contributed by atoms with Crippen LogP contribution in [0.25, 0.3) is 21.9 Å². The van der Waals surface area contributed by atoms with Crippen LogP contribution in [-0.4, -0.2) is 21.5 Å². The monoisotopic (exact) mass is 240 g/mol. The number of hydrogen-bond donors (Lipinski definition) is 2. The van der Waals surface area contributed by atoms with Crippen LogP contribution in [0, 0.1) is 0 Å². The average Bonchev–Trinajstić information content (AvgIpc) is 2.79. The number of rotatable bonds is 4. The SMILES string of the molecule is CCCCNc1ncnc2c1[nH]c1ccccc12. The number of para-hydroxylation sites is 1. The van der Waals surface area contributed by atoms with Gasteiger partial charge in [0.2, 0.25) is 0 Å². The van der Waals surface area contributed by atoms with Gasteiger partial charge in [-0.2, -0.15) is 0 Å². The van der Waals surface area contributed by atoms with Gasteiger partial charge in [-0.15, -0.1) is 0 Å². The fourth-order valence-corrected chi connectivity index (χ4v) is 2.16. The summed E-state index contributed by atoms with van der Waals surface area (Å²) in [7, 11) is 0. The number of hydrogen-bond acceptors (Lipinski definition) is 3. The van der Waals surface area contributed by atoms with Crippen molar-refractivity contribution in [3.63, 3.8) is 0 Å². The van der Waals surface area contributed by atoms with Crippen molar-refractivity contribution in [3.8, 4) is 0 Å². The molecule has 0 spiro atoms. The highest BCUT2D eigenvalue weighted by atomic mass is 15.0. The second kappa shape index (κ2) is 4.64. The molecule has 4 heteroatoms. The van der Waals surface area contributed by atoms with Gasteiger partial charge in [-0.25, -0.2) is 9.97 Å². The minimum atomic E-state index is 0.893. The highest BCUT2D eigenvalue weighted by molar-refractivity contribution is 6.07. The van der Waals surface area contributed by atoms with Crippen molar-refractivity contribution in [1.29, 1.82) is 0 Å². The van der Waals surface area contributed by atoms with E-state index in [1.54, 1.807) is 6.33 Å². The van der Waals surface area contributed by atoms with Crippen molar-refractivity contribution < 1.29 is 0 Å². The summed E-state index contributed by atoms with van der Waals surface area (Å²) in [6.07, 6.45) is 3.94. The van der Waals surface area contributed by atoms with Crippen LogP contribution in [0.5, 0.6) is 0 Å². The van der Waals surface area contributed by atoms with Crippen molar-refractivity contribution in [2.45, 2.75) is 19.8 Å². The van der Waals surface area contributed by atoms with E-state index in [-0.39, 0.29) is 0 Å². The fraction of sp³-hybridized carbons (Fsp3) is 0.286. The molecule has 0 aliphatic carbocycles. The van der Waals surface area contributed by atoms with Gasteiger partial charge in [-0.3, -0.25) is 0 Å². The molecule has 1 aromatic carbocycles. The topological polar surface area (TPSA) is 53.6 Å². The van der Waals surface area contributed by atoms with Gasteiger partial charge in [0.1, 0.15) is 17.4 Å². The van der Waals surface area contributed by atoms with Crippen LogP contribution >= 0.6 is 0 Å². The molecule has 0 fully saturated rings. The average molecular weight is 240 g/mol. The Kier molecular flexibility index (Phi) is 2.84. The zero-order chi connectivity index (χ0) is 12.4. The lowest BCUT2D eigenvalue weighted by atomic mass is 10.2. The largest absolute Gasteiger partial charge is 0.368 e. The summed E-state index contributed by atoms with van der Waals surface area (Å²) >= 11 is 0. The van der Waals surface area contributed by atoms with Crippen molar-refractivity contribution >= 4 is 27.8 Å². The van der Waals surface area contributed by atoms with Crippen LogP contribution in [0.2, 0.25) is 0 Å². The highest BCUT2D eigenvalue weighted by Gasteiger charge is 2.09. The van der Waals surface area contributed by atoms with Gasteiger partial charge in [-0.05, 0) is 12.5 Å². The van der Waals surface area contributed by atoms with E-state index in [1.807, 2.05) is 12.1 Å². The predicted octanol–water partition coefficient (Wildman–Crippen LogP) is 3.32. The molecule has 2 heterocycles. The third-order valence-electron chi connectivity index (χ3n) is 3.11. The molecule has 2 N–H and O–H groups in total. The Morgan fingerprint density at radius 1 is 1.22 bits per heavy atom. The second-order valence-corrected chi connectivity index (χ2v) is 4.40. The lowest BCUT2D eigenvalue weighted by Crippen LogP contribution is -2.03. The molecule has 0 amide bonds. The Morgan fingerprint density at radius 2 is 2.11 bits per heavy atom. The standard InChI is InChI=1S/C14H16N4/c1-2-3-8-15-14-13-12(16-9-17-14)10-6-4-5-7-11(10)18-13/h4-7,9,18H,2-3,8H2,1H3,(H,15,16,17). The Morgan fingerprint density at radius 3 is 3.00 bits per heavy atom. The van der Waals surface area contributed by atoms with Gasteiger partial charge in [0.25, 0.3) is 0 Å². The van der Waals surface area contributed by atoms with E-state index in [4.69, 9.17) is 0 Å². The maximum atomic E-state index is 4.38. The van der Waals surface area contributed by atoms with Gasteiger partial charge in [-0.1, -0.05) is 31.5 Å². The zero-order valence-corrected chi connectivity index (χ0v) is 10.4. The maximum Gasteiger partial charge on any atom is 0.153 e. The van der Waals surface area contributed by atoms with Gasteiger partial charge in [0.05, 0.1) is 0 Å². The molecule has 4 nitrogen and oxygen atoms in total. The van der Waals surface area contributed by atoms with Crippen LogP contribution in [-0.2, 0) is 0 Å². The van der Waals surface area contributed by atoms with Gasteiger partial charge >= 0.3 is 0 Å². The number of H-pyrrole nitrogens is 1. The fourth-order valence-electron chi connectivity index (χ4n) is 2.16. The van der Waals surface area contributed by atoms with Crippen LogP contribution in [0.4, 0.5) is 5.82 Å². The molecule has 0 atom stereocenters. The summed E-state index contributed by atoms with van der Waals surface area (Å²) in [5.41, 5.74) is 3.08. The summed E-state index contributed by atoms with van der Waals surface area (Å²) in [5, 5.41) is 4.51. The van der Waals surface area contributed by atoms with E-state index in [9.17, 15) is 0 Å². The first-order valence-electron chi connectivity index (χ1n) is 6.35. The Hall–Kier alpha value is -2.10. The molecule has 0 saturated heterocycles. The summed E-state index contributed by atoms with van der Waals surface area (Å²) < 4.78 is 0. The van der Waals surface area contributed by atoms with Crippen LogP contribution in [0.1, 0.15) is 19.8 Å². The number of benzene rings is 1. The highest BCUT2D eigenvalue weighted by Crippen LogP contribution is 2.26. The number of nitrogens with zero attached hydrogens (tertiary/aromatic N) is 2. The van der Waals surface area contributed by atoms with Crippen molar-refractivity contribution in [1.82, 2.24) is 15.0 Å².